The lowest BCUT2D eigenvalue weighted by molar-refractivity contribution is 0.628. The van der Waals surface area contributed by atoms with Gasteiger partial charge in [-0.3, -0.25) is 14.9 Å². The second kappa shape index (κ2) is 6.41. The highest BCUT2D eigenvalue weighted by molar-refractivity contribution is 6.00. The van der Waals surface area contributed by atoms with Crippen LogP contribution in [-0.2, 0) is 6.42 Å². The Labute approximate surface area is 150 Å². The Morgan fingerprint density at radius 1 is 1.15 bits per heavy atom. The van der Waals surface area contributed by atoms with Gasteiger partial charge >= 0.3 is 0 Å². The largest absolute Gasteiger partial charge is 0.298 e. The normalized spacial score (nSPS) is 14.3. The Bertz CT molecular complexity index is 1100. The molecule has 2 aromatic heterocycles. The molecule has 1 aliphatic heterocycles. The fourth-order valence-electron chi connectivity index (χ4n) is 3.56. The van der Waals surface area contributed by atoms with E-state index in [2.05, 4.69) is 17.0 Å². The van der Waals surface area contributed by atoms with Crippen molar-refractivity contribution in [3.63, 3.8) is 0 Å². The fraction of sp³-hybridized carbons (Fsp3) is 0.238. The van der Waals surface area contributed by atoms with Crippen LogP contribution in [0.3, 0.4) is 0 Å². The molecule has 0 unspecified atom stereocenters. The van der Waals surface area contributed by atoms with Gasteiger partial charge in [0.15, 0.2) is 0 Å². The monoisotopic (exact) mass is 349 g/mol. The highest BCUT2D eigenvalue weighted by atomic mass is 19.1. The van der Waals surface area contributed by atoms with Crippen molar-refractivity contribution in [1.29, 1.82) is 0 Å². The number of aryl methyl sites for hydroxylation is 1. The first-order valence-electron chi connectivity index (χ1n) is 8.72. The Hall–Kier alpha value is -2.95. The topological polar surface area (TPSA) is 49.6 Å². The molecule has 0 saturated heterocycles. The van der Waals surface area contributed by atoms with E-state index in [9.17, 15) is 9.18 Å². The maximum atomic E-state index is 13.2. The van der Waals surface area contributed by atoms with Crippen LogP contribution in [0.5, 0.6) is 0 Å². The molecule has 0 radical (unpaired) electrons. The Morgan fingerprint density at radius 2 is 1.92 bits per heavy atom. The van der Waals surface area contributed by atoms with E-state index in [0.29, 0.717) is 0 Å². The number of rotatable bonds is 4. The number of aliphatic imine (C=N–C) groups is 1. The van der Waals surface area contributed by atoms with E-state index in [1.165, 1.54) is 27.8 Å². The molecule has 0 saturated carbocycles. The van der Waals surface area contributed by atoms with Crippen molar-refractivity contribution in [3.8, 4) is 11.1 Å². The lowest BCUT2D eigenvalue weighted by Crippen LogP contribution is -2.13. The van der Waals surface area contributed by atoms with Crippen molar-refractivity contribution in [3.05, 3.63) is 75.5 Å². The van der Waals surface area contributed by atoms with Gasteiger partial charge in [0.2, 0.25) is 0 Å². The van der Waals surface area contributed by atoms with Crippen LogP contribution in [0.2, 0.25) is 0 Å². The zero-order valence-electron chi connectivity index (χ0n) is 14.8. The first kappa shape index (κ1) is 16.5. The van der Waals surface area contributed by atoms with Gasteiger partial charge in [0.1, 0.15) is 5.82 Å². The van der Waals surface area contributed by atoms with Crippen molar-refractivity contribution in [2.24, 2.45) is 4.99 Å². The third kappa shape index (κ3) is 2.90. The van der Waals surface area contributed by atoms with Crippen LogP contribution in [0.1, 0.15) is 25.8 Å². The quantitative estimate of drug-likeness (QED) is 0.755. The second-order valence-corrected chi connectivity index (χ2v) is 6.78. The fourth-order valence-corrected chi connectivity index (χ4v) is 3.56. The number of halogens is 1. The number of aromatic nitrogens is 2. The van der Waals surface area contributed by atoms with Gasteiger partial charge < -0.3 is 0 Å². The molecule has 3 aromatic rings. The van der Waals surface area contributed by atoms with Gasteiger partial charge in [0.25, 0.3) is 5.56 Å². The molecule has 1 N–H and O–H groups in total. The summed E-state index contributed by atoms with van der Waals surface area (Å²) in [5, 5.41) is 2.99. The van der Waals surface area contributed by atoms with Crippen LogP contribution in [0.4, 0.5) is 4.39 Å². The smallest absolute Gasteiger partial charge is 0.269 e. The van der Waals surface area contributed by atoms with E-state index in [1.54, 1.807) is 24.4 Å². The molecule has 0 amide bonds. The minimum Gasteiger partial charge on any atom is -0.298 e. The standard InChI is InChI=1S/C21H20FN3O/c1-13-11-23-14(2)18(13)8-3-15-9-20-19(12-24-25(20)21(26)10-15)16-4-6-17(22)7-5-16/h4-7,9-10,12,24H,3,8,11H2,1-2H3. The van der Waals surface area contributed by atoms with Crippen molar-refractivity contribution >= 4 is 11.2 Å². The first-order chi connectivity index (χ1) is 12.5. The highest BCUT2D eigenvalue weighted by Gasteiger charge is 2.14. The molecule has 0 spiro atoms. The lowest BCUT2D eigenvalue weighted by atomic mass is 9.99. The van der Waals surface area contributed by atoms with Crippen LogP contribution < -0.4 is 5.56 Å². The second-order valence-electron chi connectivity index (χ2n) is 6.78. The number of benzene rings is 1. The summed E-state index contributed by atoms with van der Waals surface area (Å²) in [7, 11) is 0. The van der Waals surface area contributed by atoms with Gasteiger partial charge in [-0.25, -0.2) is 8.91 Å². The SMILES string of the molecule is CC1=NCC(C)=C1CCc1cc(=O)n2[nH]cc(-c3ccc(F)cc3)c2c1. The summed E-state index contributed by atoms with van der Waals surface area (Å²) in [5.74, 6) is -0.274. The molecule has 0 aliphatic carbocycles. The highest BCUT2D eigenvalue weighted by Crippen LogP contribution is 2.26. The van der Waals surface area contributed by atoms with Crippen molar-refractivity contribution in [1.82, 2.24) is 9.61 Å². The predicted octanol–water partition coefficient (Wildman–Crippen LogP) is 4.16. The number of hydrogen-bond acceptors (Lipinski definition) is 2. The summed E-state index contributed by atoms with van der Waals surface area (Å²) < 4.78 is 14.7. The summed E-state index contributed by atoms with van der Waals surface area (Å²) >= 11 is 0. The first-order valence-corrected chi connectivity index (χ1v) is 8.72. The maximum absolute atomic E-state index is 13.2. The van der Waals surface area contributed by atoms with Crippen molar-refractivity contribution in [2.75, 3.05) is 6.54 Å². The molecule has 26 heavy (non-hydrogen) atoms. The number of hydrogen-bond donors (Lipinski definition) is 1. The zero-order chi connectivity index (χ0) is 18.3. The maximum Gasteiger partial charge on any atom is 0.269 e. The Morgan fingerprint density at radius 3 is 2.62 bits per heavy atom. The summed E-state index contributed by atoms with van der Waals surface area (Å²) in [6.07, 6.45) is 3.46. The summed E-state index contributed by atoms with van der Waals surface area (Å²) in [6, 6.07) is 10.0. The minimum atomic E-state index is -0.274. The van der Waals surface area contributed by atoms with E-state index in [-0.39, 0.29) is 11.4 Å². The van der Waals surface area contributed by atoms with Gasteiger partial charge in [-0.2, -0.15) is 0 Å². The average Bonchev–Trinajstić information content (AvgIpc) is 3.18. The van der Waals surface area contributed by atoms with Gasteiger partial charge in [-0.1, -0.05) is 12.1 Å². The van der Waals surface area contributed by atoms with Crippen LogP contribution in [0.25, 0.3) is 16.6 Å². The molecule has 0 atom stereocenters. The molecule has 4 rings (SSSR count). The number of H-pyrrole nitrogens is 1. The van der Waals surface area contributed by atoms with E-state index >= 15 is 0 Å². The number of fused-ring (bicyclic) bond motifs is 1. The molecule has 4 nitrogen and oxygen atoms in total. The Balaban J connectivity index is 1.70. The molecule has 1 aliphatic rings. The van der Waals surface area contributed by atoms with E-state index in [4.69, 9.17) is 0 Å². The molecule has 5 heteroatoms. The van der Waals surface area contributed by atoms with Gasteiger partial charge in [0, 0.05) is 23.5 Å². The van der Waals surface area contributed by atoms with Crippen LogP contribution in [-0.4, -0.2) is 21.9 Å². The molecular weight excluding hydrogens is 329 g/mol. The van der Waals surface area contributed by atoms with Crippen LogP contribution >= 0.6 is 0 Å². The lowest BCUT2D eigenvalue weighted by Gasteiger charge is -2.07. The number of pyridine rings is 1. The molecule has 0 fully saturated rings. The Kier molecular flexibility index (Phi) is 4.07. The average molecular weight is 349 g/mol. The van der Waals surface area contributed by atoms with Crippen LogP contribution in [0, 0.1) is 5.82 Å². The summed E-state index contributed by atoms with van der Waals surface area (Å²) in [5.41, 5.74) is 7.20. The number of aromatic amines is 1. The third-order valence-corrected chi connectivity index (χ3v) is 5.03. The zero-order valence-corrected chi connectivity index (χ0v) is 14.8. The summed E-state index contributed by atoms with van der Waals surface area (Å²) in [4.78, 5) is 16.9. The van der Waals surface area contributed by atoms with E-state index < -0.39 is 0 Å². The van der Waals surface area contributed by atoms with Crippen LogP contribution in [0.15, 0.2) is 63.5 Å². The number of nitrogens with zero attached hydrogens (tertiary/aromatic N) is 2. The van der Waals surface area contributed by atoms with E-state index in [0.717, 1.165) is 47.3 Å². The van der Waals surface area contributed by atoms with Gasteiger partial charge in [-0.05, 0) is 67.2 Å². The van der Waals surface area contributed by atoms with Gasteiger partial charge in [-0.15, -0.1) is 0 Å². The van der Waals surface area contributed by atoms with Gasteiger partial charge in [0.05, 0.1) is 12.1 Å². The number of allylic oxidation sites excluding steroid dienone is 1. The molecule has 1 aromatic carbocycles. The molecule has 0 bridgehead atoms. The van der Waals surface area contributed by atoms with Crippen molar-refractivity contribution in [2.45, 2.75) is 26.7 Å². The molecule has 3 heterocycles. The summed E-state index contributed by atoms with van der Waals surface area (Å²) in [6.45, 7) is 4.95. The molecular formula is C21H20FN3O. The van der Waals surface area contributed by atoms with Crippen molar-refractivity contribution < 1.29 is 4.39 Å². The number of nitrogens with one attached hydrogen (secondary N) is 1. The minimum absolute atomic E-state index is 0.0895. The van der Waals surface area contributed by atoms with E-state index in [1.807, 2.05) is 13.0 Å². The third-order valence-electron chi connectivity index (χ3n) is 5.03. The molecule has 132 valence electrons. The predicted molar refractivity (Wildman–Crippen MR) is 102 cm³/mol.